The molecule has 2 rings (SSSR count). The smallest absolute Gasteiger partial charge is 0.460 e. The van der Waals surface area contributed by atoms with Crippen LogP contribution in [0.25, 0.3) is 0 Å². The van der Waals surface area contributed by atoms with E-state index in [4.69, 9.17) is 13.9 Å². The number of hydrogen-bond donors (Lipinski definition) is 1. The van der Waals surface area contributed by atoms with Crippen molar-refractivity contribution in [1.82, 2.24) is 0 Å². The molecule has 5 nitrogen and oxygen atoms in total. The fourth-order valence-electron chi connectivity index (χ4n) is 5.79. The average Bonchev–Trinajstić information content (AvgIpc) is 3.11. The van der Waals surface area contributed by atoms with Crippen molar-refractivity contribution in [2.75, 3.05) is 18.5 Å². The molecule has 1 amide bonds. The highest BCUT2D eigenvalue weighted by Crippen LogP contribution is 2.64. The molecule has 0 spiro atoms. The van der Waals surface area contributed by atoms with Gasteiger partial charge in [0.2, 0.25) is 0 Å². The Morgan fingerprint density at radius 3 is 1.63 bits per heavy atom. The molecule has 0 saturated heterocycles. The maximum absolute atomic E-state index is 14.9. The number of amides is 1. The lowest BCUT2D eigenvalue weighted by atomic mass is 9.88. The Morgan fingerprint density at radius 2 is 1.18 bits per heavy atom. The first-order valence-electron chi connectivity index (χ1n) is 17.1. The largest absolute Gasteiger partial charge is 0.491 e. The second kappa shape index (κ2) is 18.2. The van der Waals surface area contributed by atoms with Gasteiger partial charge >= 0.3 is 53.7 Å². The summed E-state index contributed by atoms with van der Waals surface area (Å²) in [5.74, 6) is -58.8. The molecule has 2 aromatic rings. The van der Waals surface area contributed by atoms with E-state index in [1.165, 1.54) is 58.0 Å². The maximum Gasteiger partial charge on any atom is 0.460 e. The molecule has 0 aliphatic heterocycles. The second-order valence-corrected chi connectivity index (χ2v) is 18.9. The number of halogens is 19. The van der Waals surface area contributed by atoms with E-state index < -0.39 is 117 Å². The zero-order valence-corrected chi connectivity index (χ0v) is 32.4. The highest BCUT2D eigenvalue weighted by molar-refractivity contribution is 6.76. The Morgan fingerprint density at radius 1 is 0.700 bits per heavy atom. The van der Waals surface area contributed by atoms with Gasteiger partial charge in [0.1, 0.15) is 30.1 Å². The Bertz CT molecular complexity index is 1760. The standard InChI is InChI=1S/C35H36F19NO4Si/c1-6-7-26(59-27(56)55-25-13-10-22(36)18-24(25)37)21-8-11-23(12-9-21)57-15-16-58-60(19(2)3,20(4)5)17-14-28(38,39)29(40,41)30(42,43)31(44,45)32(46,47)33(48,49)34(50,51)35(52,53)54/h6,8-13,18-20,26H,1,7,14-17H2,2-5H3,(H,55,56)/t26-/m0/s1. The van der Waals surface area contributed by atoms with Gasteiger partial charge in [0, 0.05) is 18.9 Å². The lowest BCUT2D eigenvalue weighted by Crippen LogP contribution is -2.74. The van der Waals surface area contributed by atoms with Crippen LogP contribution in [-0.4, -0.2) is 75.3 Å². The summed E-state index contributed by atoms with van der Waals surface area (Å²) in [4.78, 5) is 12.4. The van der Waals surface area contributed by atoms with Crippen molar-refractivity contribution in [3.05, 3.63) is 72.3 Å². The van der Waals surface area contributed by atoms with Crippen molar-refractivity contribution < 1.29 is 102 Å². The topological polar surface area (TPSA) is 56.8 Å². The molecular formula is C35H36F19NO4Si. The summed E-state index contributed by atoms with van der Waals surface area (Å²) in [5.41, 5.74) is -1.83. The number of benzene rings is 2. The third kappa shape index (κ3) is 9.90. The van der Waals surface area contributed by atoms with Gasteiger partial charge in [0.25, 0.3) is 0 Å². The molecule has 0 fully saturated rings. The third-order valence-electron chi connectivity index (χ3n) is 9.34. The molecule has 0 aromatic heterocycles. The van der Waals surface area contributed by atoms with Crippen LogP contribution >= 0.6 is 0 Å². The number of ether oxygens (including phenoxy) is 2. The minimum Gasteiger partial charge on any atom is -0.491 e. The SMILES string of the molecule is C=CC[C@H](OC(=O)Nc1ccc(F)cc1F)c1ccc(OCCO[Si](CCC(F)(F)C(F)(F)C(F)(F)C(F)(F)C(F)(F)C(F)(F)C(F)(F)C(F)(F)F)(C(C)C)C(C)C)cc1. The molecule has 0 aliphatic carbocycles. The van der Waals surface area contributed by atoms with Crippen LogP contribution in [0.1, 0.15) is 52.2 Å². The summed E-state index contributed by atoms with van der Waals surface area (Å²) in [6.45, 7) is 7.76. The summed E-state index contributed by atoms with van der Waals surface area (Å²) in [5, 5.41) is 2.10. The molecule has 1 N–H and O–H groups in total. The molecule has 25 heteroatoms. The minimum atomic E-state index is -8.70. The first-order valence-corrected chi connectivity index (χ1v) is 19.4. The second-order valence-electron chi connectivity index (χ2n) is 13.8. The van der Waals surface area contributed by atoms with E-state index >= 15 is 0 Å². The van der Waals surface area contributed by atoms with Crippen molar-refractivity contribution in [3.63, 3.8) is 0 Å². The third-order valence-corrected chi connectivity index (χ3v) is 15.0. The van der Waals surface area contributed by atoms with Crippen LogP contribution in [0.3, 0.4) is 0 Å². The lowest BCUT2D eigenvalue weighted by Gasteiger charge is -2.44. The fraction of sp³-hybridized carbons (Fsp3) is 0.571. The van der Waals surface area contributed by atoms with Crippen LogP contribution in [0.2, 0.25) is 17.1 Å². The highest BCUT2D eigenvalue weighted by atomic mass is 28.4. The average molecular weight is 924 g/mol. The Labute approximate surface area is 330 Å². The molecule has 0 aliphatic rings. The van der Waals surface area contributed by atoms with Gasteiger partial charge < -0.3 is 13.9 Å². The first-order chi connectivity index (χ1) is 27.0. The van der Waals surface area contributed by atoms with E-state index in [1.807, 2.05) is 0 Å². The van der Waals surface area contributed by atoms with Crippen molar-refractivity contribution in [1.29, 1.82) is 0 Å². The number of hydrogen-bond acceptors (Lipinski definition) is 4. The van der Waals surface area contributed by atoms with E-state index in [0.29, 0.717) is 11.6 Å². The number of carbonyl (C=O) groups excluding carboxylic acids is 1. The number of anilines is 1. The van der Waals surface area contributed by atoms with E-state index in [0.717, 1.165) is 12.1 Å². The van der Waals surface area contributed by atoms with Crippen molar-refractivity contribution in [2.45, 2.75) is 111 Å². The normalized spacial score (nSPS) is 14.7. The molecule has 0 bridgehead atoms. The molecule has 0 radical (unpaired) electrons. The van der Waals surface area contributed by atoms with E-state index in [-0.39, 0.29) is 17.9 Å². The molecule has 0 unspecified atom stereocenters. The fourth-order valence-corrected chi connectivity index (χ4v) is 10.3. The van der Waals surface area contributed by atoms with Crippen molar-refractivity contribution in [2.24, 2.45) is 0 Å². The van der Waals surface area contributed by atoms with Gasteiger partial charge in [-0.2, -0.15) is 74.6 Å². The summed E-state index contributed by atoms with van der Waals surface area (Å²) >= 11 is 0. The molecule has 0 heterocycles. The monoisotopic (exact) mass is 923 g/mol. The predicted octanol–water partition coefficient (Wildman–Crippen LogP) is 13.4. The molecule has 2 aromatic carbocycles. The molecule has 1 atom stereocenters. The van der Waals surface area contributed by atoms with Gasteiger partial charge in [-0.15, -0.1) is 6.58 Å². The lowest BCUT2D eigenvalue weighted by molar-refractivity contribution is -0.461. The Kier molecular flexibility index (Phi) is 15.9. The van der Waals surface area contributed by atoms with E-state index in [9.17, 15) is 88.2 Å². The zero-order chi connectivity index (χ0) is 46.7. The predicted molar refractivity (Wildman–Crippen MR) is 178 cm³/mol. The van der Waals surface area contributed by atoms with E-state index in [2.05, 4.69) is 11.9 Å². The van der Waals surface area contributed by atoms with Gasteiger partial charge in [-0.3, -0.25) is 5.32 Å². The Balaban J connectivity index is 2.22. The van der Waals surface area contributed by atoms with Gasteiger partial charge in [0.15, 0.2) is 8.32 Å². The summed E-state index contributed by atoms with van der Waals surface area (Å²) in [7, 11) is -4.00. The minimum absolute atomic E-state index is 0.0405. The van der Waals surface area contributed by atoms with Gasteiger partial charge in [-0.1, -0.05) is 45.9 Å². The quantitative estimate of drug-likeness (QED) is 0.0587. The van der Waals surface area contributed by atoms with Crippen LogP contribution in [-0.2, 0) is 9.16 Å². The van der Waals surface area contributed by atoms with Gasteiger partial charge in [0.05, 0.1) is 12.3 Å². The molecule has 0 saturated carbocycles. The Hall–Kier alpha value is -3.90. The van der Waals surface area contributed by atoms with E-state index in [1.54, 1.807) is 0 Å². The van der Waals surface area contributed by atoms with Crippen LogP contribution in [0.4, 0.5) is 93.9 Å². The summed E-state index contributed by atoms with van der Waals surface area (Å²) in [6.07, 6.45) is -11.1. The van der Waals surface area contributed by atoms with Crippen molar-refractivity contribution in [3.8, 4) is 5.75 Å². The van der Waals surface area contributed by atoms with Crippen LogP contribution in [0, 0.1) is 11.6 Å². The summed E-state index contributed by atoms with van der Waals surface area (Å²) < 4.78 is 278. The highest BCUT2D eigenvalue weighted by Gasteiger charge is 2.95. The number of carbonyl (C=O) groups is 1. The summed E-state index contributed by atoms with van der Waals surface area (Å²) in [6, 6.07) is 6.48. The maximum atomic E-state index is 14.9. The number of rotatable bonds is 21. The van der Waals surface area contributed by atoms with Gasteiger partial charge in [-0.05, 0) is 47.0 Å². The van der Waals surface area contributed by atoms with Crippen LogP contribution < -0.4 is 10.1 Å². The molecule has 342 valence electrons. The van der Waals surface area contributed by atoms with Gasteiger partial charge in [-0.25, -0.2) is 13.6 Å². The van der Waals surface area contributed by atoms with Crippen LogP contribution in [0.5, 0.6) is 5.75 Å². The van der Waals surface area contributed by atoms with Crippen LogP contribution in [0.15, 0.2) is 55.1 Å². The number of alkyl halides is 17. The molecule has 60 heavy (non-hydrogen) atoms. The first kappa shape index (κ1) is 52.2. The van der Waals surface area contributed by atoms with Crippen molar-refractivity contribution >= 4 is 20.1 Å². The molecular weight excluding hydrogens is 887 g/mol. The number of nitrogens with one attached hydrogen (secondary N) is 1. The zero-order valence-electron chi connectivity index (χ0n) is 31.4.